The molecule has 2 aromatic heterocycles. The number of nitrogens with one attached hydrogen (secondary N) is 1. The normalized spacial score (nSPS) is 11.0. The van der Waals surface area contributed by atoms with Gasteiger partial charge >= 0.3 is 0 Å². The minimum Gasteiger partial charge on any atom is -0.338 e. The average molecular weight is 377 g/mol. The fraction of sp³-hybridized carbons (Fsp3) is 0.200. The molecule has 0 radical (unpaired) electrons. The van der Waals surface area contributed by atoms with Crippen molar-refractivity contribution in [3.8, 4) is 11.4 Å². The molecular weight excluding hydrogens is 358 g/mol. The molecule has 0 aliphatic heterocycles. The Morgan fingerprint density at radius 3 is 2.52 bits per heavy atom. The number of nitrogens with zero attached hydrogens (tertiary/aromatic N) is 4. The summed E-state index contributed by atoms with van der Waals surface area (Å²) < 4.78 is 8.02. The molecule has 4 aromatic rings. The monoisotopic (exact) mass is 377 g/mol. The highest BCUT2D eigenvalue weighted by molar-refractivity contribution is 7.71. The lowest BCUT2D eigenvalue weighted by atomic mass is 10.1. The van der Waals surface area contributed by atoms with E-state index >= 15 is 0 Å². The number of rotatable bonds is 7. The van der Waals surface area contributed by atoms with Gasteiger partial charge in [0, 0.05) is 12.1 Å². The van der Waals surface area contributed by atoms with Crippen LogP contribution in [0, 0.1) is 4.77 Å². The molecule has 136 valence electrons. The van der Waals surface area contributed by atoms with E-state index in [1.807, 2.05) is 41.0 Å². The maximum atomic E-state index is 5.40. The summed E-state index contributed by atoms with van der Waals surface area (Å²) in [5.74, 6) is 1.90. The summed E-state index contributed by atoms with van der Waals surface area (Å²) in [5, 5.41) is 11.3. The minimum atomic E-state index is 0.443. The van der Waals surface area contributed by atoms with Crippen LogP contribution >= 0.6 is 12.2 Å². The maximum absolute atomic E-state index is 5.40. The summed E-state index contributed by atoms with van der Waals surface area (Å²) >= 11 is 5.38. The molecule has 0 spiro atoms. The van der Waals surface area contributed by atoms with Gasteiger partial charge in [-0.25, -0.2) is 0 Å². The van der Waals surface area contributed by atoms with Crippen LogP contribution in [0.1, 0.15) is 23.7 Å². The second-order valence-electron chi connectivity index (χ2n) is 6.24. The molecule has 4 rings (SSSR count). The van der Waals surface area contributed by atoms with Crippen molar-refractivity contribution < 1.29 is 4.52 Å². The van der Waals surface area contributed by atoms with Gasteiger partial charge in [-0.3, -0.25) is 5.10 Å². The number of H-pyrrole nitrogens is 1. The zero-order chi connectivity index (χ0) is 18.5. The van der Waals surface area contributed by atoms with E-state index in [0.29, 0.717) is 22.9 Å². The molecule has 27 heavy (non-hydrogen) atoms. The summed E-state index contributed by atoms with van der Waals surface area (Å²) in [6, 6.07) is 20.2. The van der Waals surface area contributed by atoms with Crippen LogP contribution in [-0.2, 0) is 19.4 Å². The largest absolute Gasteiger partial charge is 0.338 e. The third kappa shape index (κ3) is 4.20. The second-order valence-corrected chi connectivity index (χ2v) is 6.63. The molecule has 6 nitrogen and oxygen atoms in total. The Hall–Kier alpha value is -3.06. The van der Waals surface area contributed by atoms with Crippen molar-refractivity contribution >= 4 is 12.2 Å². The van der Waals surface area contributed by atoms with Gasteiger partial charge < -0.3 is 9.09 Å². The highest BCUT2D eigenvalue weighted by atomic mass is 32.1. The van der Waals surface area contributed by atoms with Gasteiger partial charge in [0.05, 0.1) is 6.42 Å². The summed E-state index contributed by atoms with van der Waals surface area (Å²) in [7, 11) is 0. The van der Waals surface area contributed by atoms with Crippen molar-refractivity contribution in [2.75, 3.05) is 0 Å². The number of hydrogen-bond donors (Lipinski definition) is 1. The summed E-state index contributed by atoms with van der Waals surface area (Å²) in [5.41, 5.74) is 2.24. The van der Waals surface area contributed by atoms with E-state index in [0.717, 1.165) is 30.8 Å². The van der Waals surface area contributed by atoms with Crippen molar-refractivity contribution in [1.82, 2.24) is 24.9 Å². The van der Waals surface area contributed by atoms with Crippen LogP contribution in [0.4, 0.5) is 0 Å². The number of aryl methyl sites for hydroxylation is 1. The molecule has 0 bridgehead atoms. The topological polar surface area (TPSA) is 72.5 Å². The van der Waals surface area contributed by atoms with Gasteiger partial charge in [-0.15, -0.1) is 0 Å². The Labute approximate surface area is 161 Å². The first-order valence-electron chi connectivity index (χ1n) is 8.85. The standard InChI is InChI=1S/C20H19N5OS/c27-20-23-22-17(25(20)13-7-10-15-8-3-1-4-9-15)14-18-21-19(24-26-18)16-11-5-2-6-12-16/h1-6,8-9,11-12H,7,10,13-14H2,(H,23,27). The van der Waals surface area contributed by atoms with Gasteiger partial charge in [-0.2, -0.15) is 10.1 Å². The molecule has 2 heterocycles. The molecule has 1 N–H and O–H groups in total. The van der Waals surface area contributed by atoms with Gasteiger partial charge in [-0.1, -0.05) is 65.8 Å². The highest BCUT2D eigenvalue weighted by Crippen LogP contribution is 2.16. The molecule has 0 atom stereocenters. The van der Waals surface area contributed by atoms with Crippen molar-refractivity contribution in [2.45, 2.75) is 25.8 Å². The van der Waals surface area contributed by atoms with Crippen LogP contribution in [0.2, 0.25) is 0 Å². The summed E-state index contributed by atoms with van der Waals surface area (Å²) in [6.07, 6.45) is 2.41. The lowest BCUT2D eigenvalue weighted by Crippen LogP contribution is -2.06. The van der Waals surface area contributed by atoms with Gasteiger partial charge in [0.25, 0.3) is 0 Å². The van der Waals surface area contributed by atoms with Gasteiger partial charge in [-0.05, 0) is 30.6 Å². The summed E-state index contributed by atoms with van der Waals surface area (Å²) in [6.45, 7) is 0.791. The quantitative estimate of drug-likeness (QED) is 0.488. The fourth-order valence-corrected chi connectivity index (χ4v) is 3.21. The van der Waals surface area contributed by atoms with Crippen LogP contribution in [-0.4, -0.2) is 24.9 Å². The van der Waals surface area contributed by atoms with Crippen molar-refractivity contribution in [3.05, 3.63) is 82.7 Å². The average Bonchev–Trinajstić information content (AvgIpc) is 3.32. The lowest BCUT2D eigenvalue weighted by molar-refractivity contribution is 0.382. The van der Waals surface area contributed by atoms with Gasteiger partial charge in [0.1, 0.15) is 5.82 Å². The third-order valence-corrected chi connectivity index (χ3v) is 4.65. The van der Waals surface area contributed by atoms with Crippen LogP contribution in [0.15, 0.2) is 65.2 Å². The molecule has 0 aliphatic carbocycles. The lowest BCUT2D eigenvalue weighted by Gasteiger charge is -2.05. The molecule has 7 heteroatoms. The Balaban J connectivity index is 1.44. The van der Waals surface area contributed by atoms with Crippen LogP contribution in [0.25, 0.3) is 11.4 Å². The van der Waals surface area contributed by atoms with Crippen molar-refractivity contribution in [2.24, 2.45) is 0 Å². The predicted octanol–water partition coefficient (Wildman–Crippen LogP) is 4.21. The van der Waals surface area contributed by atoms with Crippen LogP contribution in [0.5, 0.6) is 0 Å². The second kappa shape index (κ2) is 8.09. The van der Waals surface area contributed by atoms with Crippen LogP contribution < -0.4 is 0 Å². The van der Waals surface area contributed by atoms with Crippen molar-refractivity contribution in [3.63, 3.8) is 0 Å². The first kappa shape index (κ1) is 17.4. The Morgan fingerprint density at radius 2 is 1.74 bits per heavy atom. The highest BCUT2D eigenvalue weighted by Gasteiger charge is 2.13. The smallest absolute Gasteiger partial charge is 0.234 e. The van der Waals surface area contributed by atoms with Gasteiger partial charge in [0.15, 0.2) is 4.77 Å². The molecule has 0 fully saturated rings. The zero-order valence-corrected chi connectivity index (χ0v) is 15.5. The van der Waals surface area contributed by atoms with E-state index in [4.69, 9.17) is 16.7 Å². The minimum absolute atomic E-state index is 0.443. The molecule has 0 unspecified atom stereocenters. The number of aromatic nitrogens is 5. The SMILES string of the molecule is S=c1[nH]nc(Cc2nc(-c3ccccc3)no2)n1CCCc1ccccc1. The molecule has 0 saturated heterocycles. The third-order valence-electron chi connectivity index (χ3n) is 4.34. The van der Waals surface area contributed by atoms with E-state index < -0.39 is 0 Å². The Bertz CT molecular complexity index is 1050. The molecular formula is C20H19N5OS. The van der Waals surface area contributed by atoms with E-state index in [-0.39, 0.29) is 0 Å². The number of aromatic amines is 1. The molecule has 2 aromatic carbocycles. The van der Waals surface area contributed by atoms with E-state index in [1.54, 1.807) is 0 Å². The van der Waals surface area contributed by atoms with E-state index in [9.17, 15) is 0 Å². The maximum Gasteiger partial charge on any atom is 0.234 e. The predicted molar refractivity (Wildman–Crippen MR) is 105 cm³/mol. The molecule has 0 aliphatic rings. The zero-order valence-electron chi connectivity index (χ0n) is 14.7. The Kier molecular flexibility index (Phi) is 5.20. The molecule has 0 saturated carbocycles. The molecule has 0 amide bonds. The first-order chi connectivity index (χ1) is 13.3. The van der Waals surface area contributed by atoms with Crippen molar-refractivity contribution in [1.29, 1.82) is 0 Å². The van der Waals surface area contributed by atoms with Crippen LogP contribution in [0.3, 0.4) is 0 Å². The Morgan fingerprint density at radius 1 is 1.00 bits per heavy atom. The summed E-state index contributed by atoms with van der Waals surface area (Å²) in [4.78, 5) is 4.48. The van der Waals surface area contributed by atoms with E-state index in [1.165, 1.54) is 5.56 Å². The number of benzene rings is 2. The van der Waals surface area contributed by atoms with Gasteiger partial charge in [0.2, 0.25) is 11.7 Å². The fourth-order valence-electron chi connectivity index (χ4n) is 2.97. The number of hydrogen-bond acceptors (Lipinski definition) is 5. The van der Waals surface area contributed by atoms with E-state index in [2.05, 4.69) is 44.6 Å². The first-order valence-corrected chi connectivity index (χ1v) is 9.26.